The molecule has 0 N–H and O–H groups in total. The van der Waals surface area contributed by atoms with Gasteiger partial charge in [-0.1, -0.05) is 0 Å². The maximum absolute atomic E-state index is 5.85. The SMILES string of the molecule is CC(C)OCCN1CCN(CCOC2CN(C)C2)CC1. The van der Waals surface area contributed by atoms with E-state index in [2.05, 4.69) is 35.6 Å². The van der Waals surface area contributed by atoms with Crippen LogP contribution >= 0.6 is 0 Å². The van der Waals surface area contributed by atoms with Crippen molar-refractivity contribution < 1.29 is 9.47 Å². The molecule has 0 aliphatic carbocycles. The number of hydrogen-bond donors (Lipinski definition) is 0. The summed E-state index contributed by atoms with van der Waals surface area (Å²) in [5, 5.41) is 0. The molecule has 2 fully saturated rings. The molecule has 0 aromatic heterocycles. The summed E-state index contributed by atoms with van der Waals surface area (Å²) in [4.78, 5) is 7.31. The lowest BCUT2D eigenvalue weighted by molar-refractivity contribution is -0.0514. The number of likely N-dealkylation sites (tertiary alicyclic amines) is 1. The van der Waals surface area contributed by atoms with Crippen molar-refractivity contribution in [2.75, 3.05) is 72.6 Å². The van der Waals surface area contributed by atoms with Crippen molar-refractivity contribution in [3.63, 3.8) is 0 Å². The van der Waals surface area contributed by atoms with Crippen LogP contribution < -0.4 is 0 Å². The Bertz CT molecular complexity index is 262. The minimum atomic E-state index is 0.346. The summed E-state index contributed by atoms with van der Waals surface area (Å²) < 4.78 is 11.5. The van der Waals surface area contributed by atoms with Gasteiger partial charge in [0.25, 0.3) is 0 Å². The number of rotatable bonds is 8. The third kappa shape index (κ3) is 5.66. The maximum atomic E-state index is 5.85. The van der Waals surface area contributed by atoms with Gasteiger partial charge in [0.2, 0.25) is 0 Å². The molecular weight excluding hydrogens is 254 g/mol. The second-order valence-electron chi connectivity index (χ2n) is 6.32. The van der Waals surface area contributed by atoms with Crippen molar-refractivity contribution in [3.8, 4) is 0 Å². The van der Waals surface area contributed by atoms with Crippen LogP contribution in [0.2, 0.25) is 0 Å². The van der Waals surface area contributed by atoms with Gasteiger partial charge in [-0.3, -0.25) is 9.80 Å². The lowest BCUT2D eigenvalue weighted by Crippen LogP contribution is -2.51. The van der Waals surface area contributed by atoms with Gasteiger partial charge >= 0.3 is 0 Å². The zero-order valence-electron chi connectivity index (χ0n) is 13.4. The predicted octanol–water partition coefficient (Wildman–Crippen LogP) is 0.360. The van der Waals surface area contributed by atoms with E-state index in [0.717, 1.165) is 65.6 Å². The van der Waals surface area contributed by atoms with Gasteiger partial charge in [-0.15, -0.1) is 0 Å². The number of hydrogen-bond acceptors (Lipinski definition) is 5. The monoisotopic (exact) mass is 285 g/mol. The zero-order valence-corrected chi connectivity index (χ0v) is 13.4. The van der Waals surface area contributed by atoms with E-state index in [1.54, 1.807) is 0 Å². The Balaban J connectivity index is 1.46. The van der Waals surface area contributed by atoms with Gasteiger partial charge in [0.1, 0.15) is 0 Å². The van der Waals surface area contributed by atoms with E-state index in [9.17, 15) is 0 Å². The quantitative estimate of drug-likeness (QED) is 0.642. The third-order valence-electron chi connectivity index (χ3n) is 4.12. The first-order valence-electron chi connectivity index (χ1n) is 8.00. The number of nitrogens with zero attached hydrogens (tertiary/aromatic N) is 3. The van der Waals surface area contributed by atoms with Crippen LogP contribution in [-0.2, 0) is 9.47 Å². The van der Waals surface area contributed by atoms with Crippen molar-refractivity contribution in [3.05, 3.63) is 0 Å². The summed E-state index contributed by atoms with van der Waals surface area (Å²) in [6.07, 6.45) is 0.827. The summed E-state index contributed by atoms with van der Waals surface area (Å²) in [5.74, 6) is 0. The summed E-state index contributed by atoms with van der Waals surface area (Å²) >= 11 is 0. The van der Waals surface area contributed by atoms with E-state index in [1.807, 2.05) is 0 Å². The predicted molar refractivity (Wildman–Crippen MR) is 81.2 cm³/mol. The molecule has 2 heterocycles. The minimum absolute atomic E-state index is 0.346. The molecule has 0 amide bonds. The van der Waals surface area contributed by atoms with Gasteiger partial charge < -0.3 is 14.4 Å². The molecule has 2 aliphatic rings. The summed E-state index contributed by atoms with van der Waals surface area (Å²) in [6.45, 7) is 14.9. The number of piperazine rings is 1. The smallest absolute Gasteiger partial charge is 0.0829 e. The largest absolute Gasteiger partial charge is 0.377 e. The fraction of sp³-hybridized carbons (Fsp3) is 1.00. The Morgan fingerprint density at radius 1 is 0.950 bits per heavy atom. The van der Waals surface area contributed by atoms with Crippen molar-refractivity contribution in [1.82, 2.24) is 14.7 Å². The van der Waals surface area contributed by atoms with Crippen molar-refractivity contribution >= 4 is 0 Å². The van der Waals surface area contributed by atoms with E-state index in [1.165, 1.54) is 0 Å². The van der Waals surface area contributed by atoms with E-state index in [-0.39, 0.29) is 0 Å². The van der Waals surface area contributed by atoms with E-state index < -0.39 is 0 Å². The van der Waals surface area contributed by atoms with Crippen LogP contribution in [0.15, 0.2) is 0 Å². The van der Waals surface area contributed by atoms with Gasteiger partial charge in [-0.25, -0.2) is 0 Å². The molecule has 0 aromatic rings. The molecule has 0 spiro atoms. The van der Waals surface area contributed by atoms with Crippen LogP contribution in [0.4, 0.5) is 0 Å². The van der Waals surface area contributed by atoms with Crippen LogP contribution in [-0.4, -0.2) is 99.5 Å². The fourth-order valence-corrected chi connectivity index (χ4v) is 2.75. The van der Waals surface area contributed by atoms with E-state index in [0.29, 0.717) is 12.2 Å². The van der Waals surface area contributed by atoms with Gasteiger partial charge in [0.15, 0.2) is 0 Å². The highest BCUT2D eigenvalue weighted by atomic mass is 16.5. The fourth-order valence-electron chi connectivity index (χ4n) is 2.75. The van der Waals surface area contributed by atoms with Crippen LogP contribution in [0.3, 0.4) is 0 Å². The Hall–Kier alpha value is -0.200. The van der Waals surface area contributed by atoms with Crippen molar-refractivity contribution in [2.24, 2.45) is 0 Å². The molecule has 2 rings (SSSR count). The molecule has 0 aromatic carbocycles. The molecule has 118 valence electrons. The number of likely N-dealkylation sites (N-methyl/N-ethyl adjacent to an activating group) is 1. The van der Waals surface area contributed by atoms with Gasteiger partial charge in [-0.2, -0.15) is 0 Å². The Labute approximate surface area is 123 Å². The Kier molecular flexibility index (Phi) is 6.71. The van der Waals surface area contributed by atoms with Crippen molar-refractivity contribution in [2.45, 2.75) is 26.1 Å². The zero-order chi connectivity index (χ0) is 14.4. The molecule has 5 nitrogen and oxygen atoms in total. The molecule has 0 bridgehead atoms. The maximum Gasteiger partial charge on any atom is 0.0829 e. The first kappa shape index (κ1) is 16.2. The summed E-state index contributed by atoms with van der Waals surface area (Å²) in [7, 11) is 2.14. The van der Waals surface area contributed by atoms with Gasteiger partial charge in [0, 0.05) is 52.4 Å². The molecule has 2 aliphatic heterocycles. The minimum Gasteiger partial charge on any atom is -0.377 e. The number of ether oxygens (including phenoxy) is 2. The molecular formula is C15H31N3O2. The molecule has 5 heteroatoms. The lowest BCUT2D eigenvalue weighted by Gasteiger charge is -2.37. The molecule has 0 atom stereocenters. The second kappa shape index (κ2) is 8.29. The first-order chi connectivity index (χ1) is 9.63. The van der Waals surface area contributed by atoms with Crippen molar-refractivity contribution in [1.29, 1.82) is 0 Å². The summed E-state index contributed by atoms with van der Waals surface area (Å²) in [6, 6.07) is 0. The third-order valence-corrected chi connectivity index (χ3v) is 4.12. The molecule has 20 heavy (non-hydrogen) atoms. The molecule has 2 saturated heterocycles. The molecule has 0 saturated carbocycles. The van der Waals surface area contributed by atoms with Gasteiger partial charge in [0.05, 0.1) is 25.4 Å². The first-order valence-corrected chi connectivity index (χ1v) is 8.00. The van der Waals surface area contributed by atoms with Crippen LogP contribution in [0, 0.1) is 0 Å². The van der Waals surface area contributed by atoms with E-state index in [4.69, 9.17) is 9.47 Å². The van der Waals surface area contributed by atoms with Crippen LogP contribution in [0.5, 0.6) is 0 Å². The average molecular weight is 285 g/mol. The van der Waals surface area contributed by atoms with E-state index >= 15 is 0 Å². The highest BCUT2D eigenvalue weighted by Gasteiger charge is 2.24. The lowest BCUT2D eigenvalue weighted by atomic mass is 10.2. The Morgan fingerprint density at radius 3 is 2.00 bits per heavy atom. The topological polar surface area (TPSA) is 28.2 Å². The highest BCUT2D eigenvalue weighted by molar-refractivity contribution is 4.78. The molecule has 0 unspecified atom stereocenters. The standard InChI is InChI=1S/C15H31N3O2/c1-14(2)19-10-8-17-4-6-18(7-5-17)9-11-20-15-12-16(3)13-15/h14-15H,4-13H2,1-3H3. The normalized spacial score (nSPS) is 23.4. The van der Waals surface area contributed by atoms with Crippen LogP contribution in [0.1, 0.15) is 13.8 Å². The van der Waals surface area contributed by atoms with Gasteiger partial charge in [-0.05, 0) is 20.9 Å². The van der Waals surface area contributed by atoms with Crippen LogP contribution in [0.25, 0.3) is 0 Å². The highest BCUT2D eigenvalue weighted by Crippen LogP contribution is 2.08. The second-order valence-corrected chi connectivity index (χ2v) is 6.32. The average Bonchev–Trinajstić information content (AvgIpc) is 2.38. The molecule has 0 radical (unpaired) electrons. The summed E-state index contributed by atoms with van der Waals surface area (Å²) in [5.41, 5.74) is 0. The Morgan fingerprint density at radius 2 is 1.50 bits per heavy atom.